The van der Waals surface area contributed by atoms with Gasteiger partial charge in [-0.25, -0.2) is 4.79 Å². The van der Waals surface area contributed by atoms with Crippen molar-refractivity contribution in [3.8, 4) is 0 Å². The summed E-state index contributed by atoms with van der Waals surface area (Å²) in [5, 5.41) is 14.2. The molecule has 1 atom stereocenters. The van der Waals surface area contributed by atoms with E-state index in [0.717, 1.165) is 12.8 Å². The summed E-state index contributed by atoms with van der Waals surface area (Å²) >= 11 is 0. The van der Waals surface area contributed by atoms with Crippen molar-refractivity contribution in [3.05, 3.63) is 33.9 Å². The molecule has 0 amide bonds. The molecule has 1 aromatic carbocycles. The lowest BCUT2D eigenvalue weighted by atomic mass is 10.1. The second-order valence-corrected chi connectivity index (χ2v) is 4.57. The molecule has 7 heteroatoms. The number of carbonyl (C=O) groups excluding carboxylic acids is 1. The van der Waals surface area contributed by atoms with Gasteiger partial charge in [0.2, 0.25) is 0 Å². The molecule has 0 aliphatic rings. The molecular weight excluding hydrogens is 276 g/mol. The van der Waals surface area contributed by atoms with E-state index >= 15 is 0 Å². The molecule has 116 valence electrons. The smallest absolute Gasteiger partial charge is 0.337 e. The number of nitro groups is 1. The van der Waals surface area contributed by atoms with Gasteiger partial charge in [0.1, 0.15) is 5.69 Å². The summed E-state index contributed by atoms with van der Waals surface area (Å²) in [4.78, 5) is 22.1. The molecule has 0 saturated carbocycles. The third-order valence-corrected chi connectivity index (χ3v) is 2.98. The largest absolute Gasteiger partial charge is 0.465 e. The summed E-state index contributed by atoms with van der Waals surface area (Å²) in [7, 11) is 2.84. The molecule has 1 unspecified atom stereocenters. The van der Waals surface area contributed by atoms with Crippen LogP contribution in [0, 0.1) is 10.1 Å². The first-order valence-corrected chi connectivity index (χ1v) is 6.65. The minimum absolute atomic E-state index is 0.0633. The summed E-state index contributed by atoms with van der Waals surface area (Å²) < 4.78 is 9.73. The minimum atomic E-state index is -0.535. The van der Waals surface area contributed by atoms with Crippen LogP contribution in [0.3, 0.4) is 0 Å². The first-order valence-electron chi connectivity index (χ1n) is 6.65. The maximum atomic E-state index is 11.5. The number of benzene rings is 1. The van der Waals surface area contributed by atoms with Crippen LogP contribution in [0.4, 0.5) is 11.4 Å². The van der Waals surface area contributed by atoms with Crippen molar-refractivity contribution in [1.82, 2.24) is 0 Å². The number of carbonyl (C=O) groups is 1. The molecule has 0 fully saturated rings. The van der Waals surface area contributed by atoms with Crippen LogP contribution in [-0.2, 0) is 9.47 Å². The van der Waals surface area contributed by atoms with E-state index in [-0.39, 0.29) is 17.3 Å². The average Bonchev–Trinajstić information content (AvgIpc) is 2.46. The Hall–Kier alpha value is -2.15. The fourth-order valence-corrected chi connectivity index (χ4v) is 2.02. The first-order chi connectivity index (χ1) is 10.0. The van der Waals surface area contributed by atoms with Gasteiger partial charge in [-0.1, -0.05) is 13.3 Å². The van der Waals surface area contributed by atoms with Crippen molar-refractivity contribution in [2.45, 2.75) is 25.8 Å². The highest BCUT2D eigenvalue weighted by Crippen LogP contribution is 2.27. The second kappa shape index (κ2) is 8.21. The molecule has 0 aliphatic heterocycles. The Labute approximate surface area is 123 Å². The van der Waals surface area contributed by atoms with E-state index < -0.39 is 10.9 Å². The summed E-state index contributed by atoms with van der Waals surface area (Å²) in [5.41, 5.74) is 0.469. The van der Waals surface area contributed by atoms with Crippen molar-refractivity contribution in [2.75, 3.05) is 26.1 Å². The molecule has 0 aliphatic carbocycles. The van der Waals surface area contributed by atoms with Crippen LogP contribution in [0.2, 0.25) is 0 Å². The number of ether oxygens (including phenoxy) is 2. The van der Waals surface area contributed by atoms with E-state index in [4.69, 9.17) is 4.74 Å². The fraction of sp³-hybridized carbons (Fsp3) is 0.500. The molecule has 0 aromatic heterocycles. The van der Waals surface area contributed by atoms with E-state index in [1.165, 1.54) is 25.3 Å². The first kappa shape index (κ1) is 16.9. The maximum absolute atomic E-state index is 11.5. The lowest BCUT2D eigenvalue weighted by Crippen LogP contribution is -2.25. The zero-order valence-corrected chi connectivity index (χ0v) is 12.4. The molecule has 0 spiro atoms. The van der Waals surface area contributed by atoms with Crippen LogP contribution in [0.15, 0.2) is 18.2 Å². The second-order valence-electron chi connectivity index (χ2n) is 4.57. The van der Waals surface area contributed by atoms with Gasteiger partial charge in [0.15, 0.2) is 0 Å². The molecule has 7 nitrogen and oxygen atoms in total. The number of nitrogens with zero attached hydrogens (tertiary/aromatic N) is 1. The van der Waals surface area contributed by atoms with Crippen molar-refractivity contribution < 1.29 is 19.2 Å². The molecule has 0 radical (unpaired) electrons. The number of hydrogen-bond acceptors (Lipinski definition) is 6. The van der Waals surface area contributed by atoms with Crippen LogP contribution in [-0.4, -0.2) is 37.8 Å². The van der Waals surface area contributed by atoms with E-state index in [0.29, 0.717) is 12.3 Å². The summed E-state index contributed by atoms with van der Waals surface area (Å²) in [6.07, 6.45) is 1.71. The molecule has 0 bridgehead atoms. The Bertz CT molecular complexity index is 498. The van der Waals surface area contributed by atoms with Gasteiger partial charge in [0, 0.05) is 19.2 Å². The van der Waals surface area contributed by atoms with Crippen molar-refractivity contribution >= 4 is 17.3 Å². The van der Waals surface area contributed by atoms with Gasteiger partial charge >= 0.3 is 5.97 Å². The van der Waals surface area contributed by atoms with Crippen LogP contribution >= 0.6 is 0 Å². The van der Waals surface area contributed by atoms with E-state index in [1.54, 1.807) is 7.11 Å². The summed E-state index contributed by atoms with van der Waals surface area (Å²) in [6, 6.07) is 4.04. The van der Waals surface area contributed by atoms with Crippen LogP contribution in [0.5, 0.6) is 0 Å². The van der Waals surface area contributed by atoms with E-state index in [2.05, 4.69) is 10.1 Å². The predicted molar refractivity (Wildman–Crippen MR) is 78.6 cm³/mol. The van der Waals surface area contributed by atoms with E-state index in [9.17, 15) is 14.9 Å². The Balaban J connectivity index is 3.10. The number of hydrogen-bond donors (Lipinski definition) is 1. The van der Waals surface area contributed by atoms with Gasteiger partial charge in [-0.2, -0.15) is 0 Å². The highest BCUT2D eigenvalue weighted by molar-refractivity contribution is 5.91. The fourth-order valence-electron chi connectivity index (χ4n) is 2.02. The Kier molecular flexibility index (Phi) is 6.61. The molecule has 21 heavy (non-hydrogen) atoms. The highest BCUT2D eigenvalue weighted by atomic mass is 16.6. The standard InChI is InChI=1S/C14H20N2O5/c1-4-5-11(9-20-2)15-12-8-10(14(17)21-3)6-7-13(12)16(18)19/h6-8,11,15H,4-5,9H2,1-3H3. The van der Waals surface area contributed by atoms with Gasteiger partial charge in [-0.15, -0.1) is 0 Å². The minimum Gasteiger partial charge on any atom is -0.465 e. The number of nitrogens with one attached hydrogen (secondary N) is 1. The van der Waals surface area contributed by atoms with Crippen LogP contribution in [0.1, 0.15) is 30.1 Å². The topological polar surface area (TPSA) is 90.7 Å². The number of nitro benzene ring substituents is 1. The molecule has 1 aromatic rings. The maximum Gasteiger partial charge on any atom is 0.337 e. The molecule has 0 saturated heterocycles. The van der Waals surface area contributed by atoms with Gasteiger partial charge in [0.25, 0.3) is 5.69 Å². The number of methoxy groups -OCH3 is 2. The van der Waals surface area contributed by atoms with Crippen molar-refractivity contribution in [1.29, 1.82) is 0 Å². The highest BCUT2D eigenvalue weighted by Gasteiger charge is 2.19. The predicted octanol–water partition coefficient (Wildman–Crippen LogP) is 2.61. The molecule has 1 N–H and O–H groups in total. The molecule has 1 rings (SSSR count). The van der Waals surface area contributed by atoms with Gasteiger partial charge in [-0.05, 0) is 18.6 Å². The van der Waals surface area contributed by atoms with Crippen LogP contribution in [0.25, 0.3) is 0 Å². The third kappa shape index (κ3) is 4.71. The number of rotatable bonds is 8. The zero-order chi connectivity index (χ0) is 15.8. The molecular formula is C14H20N2O5. The summed E-state index contributed by atoms with van der Waals surface area (Å²) in [5.74, 6) is -0.535. The van der Waals surface area contributed by atoms with Gasteiger partial charge in [-0.3, -0.25) is 10.1 Å². The van der Waals surface area contributed by atoms with Crippen molar-refractivity contribution in [3.63, 3.8) is 0 Å². The van der Waals surface area contributed by atoms with Crippen LogP contribution < -0.4 is 5.32 Å². The quantitative estimate of drug-likeness (QED) is 0.450. The Morgan fingerprint density at radius 1 is 1.43 bits per heavy atom. The number of anilines is 1. The SMILES string of the molecule is CCCC(COC)Nc1cc(C(=O)OC)ccc1[N+](=O)[O-]. The number of esters is 1. The monoisotopic (exact) mass is 296 g/mol. The lowest BCUT2D eigenvalue weighted by molar-refractivity contribution is -0.384. The molecule has 0 heterocycles. The zero-order valence-electron chi connectivity index (χ0n) is 12.4. The third-order valence-electron chi connectivity index (χ3n) is 2.98. The normalized spacial score (nSPS) is 11.8. The Morgan fingerprint density at radius 3 is 2.67 bits per heavy atom. The summed E-state index contributed by atoms with van der Waals surface area (Å²) in [6.45, 7) is 2.44. The van der Waals surface area contributed by atoms with E-state index in [1.807, 2.05) is 6.92 Å². The Morgan fingerprint density at radius 2 is 2.14 bits per heavy atom. The lowest BCUT2D eigenvalue weighted by Gasteiger charge is -2.18. The average molecular weight is 296 g/mol. The van der Waals surface area contributed by atoms with Gasteiger partial charge in [0.05, 0.1) is 24.2 Å². The van der Waals surface area contributed by atoms with Gasteiger partial charge < -0.3 is 14.8 Å². The van der Waals surface area contributed by atoms with Crippen molar-refractivity contribution in [2.24, 2.45) is 0 Å².